The molecule has 5 nitrogen and oxygen atoms in total. The Morgan fingerprint density at radius 1 is 1.18 bits per heavy atom. The molecular weight excluding hydrogens is 356 g/mol. The number of esters is 1. The van der Waals surface area contributed by atoms with Gasteiger partial charge in [0.15, 0.2) is 6.29 Å². The molecule has 0 aromatic heterocycles. The van der Waals surface area contributed by atoms with Gasteiger partial charge in [-0.2, -0.15) is 0 Å². The van der Waals surface area contributed by atoms with Crippen molar-refractivity contribution in [3.63, 3.8) is 0 Å². The summed E-state index contributed by atoms with van der Waals surface area (Å²) in [6.07, 6.45) is 5.92. The smallest absolute Gasteiger partial charge is 0.333 e. The monoisotopic (exact) mass is 390 g/mol. The summed E-state index contributed by atoms with van der Waals surface area (Å²) in [5.41, 5.74) is 1.45. The molecule has 1 aliphatic heterocycles. The Morgan fingerprint density at radius 3 is 2.64 bits per heavy atom. The second kappa shape index (κ2) is 11.9. The fraction of sp³-hybridized carbons (Fsp3) is 0.609. The standard InChI is InChI=1S/C23H34O5/c1-5-20-15-18(4)27-23(28-20)19-11-10-12-21(16-19)25-13-8-6-7-9-14-26-22(24)17(2)3/h10-12,16,18,20,23H,2,5-9,13-15H2,1,3-4H3. The minimum atomic E-state index is -0.320. The number of carbonyl (C=O) groups excluding carboxylic acids is 1. The molecule has 1 aromatic carbocycles. The van der Waals surface area contributed by atoms with E-state index in [-0.39, 0.29) is 24.5 Å². The molecule has 1 saturated heterocycles. The third kappa shape index (κ3) is 7.64. The molecular formula is C23H34O5. The first kappa shape index (κ1) is 22.4. The van der Waals surface area contributed by atoms with Gasteiger partial charge in [0.1, 0.15) is 5.75 Å². The lowest BCUT2D eigenvalue weighted by molar-refractivity contribution is -0.243. The number of ether oxygens (including phenoxy) is 4. The zero-order valence-electron chi connectivity index (χ0n) is 17.4. The van der Waals surface area contributed by atoms with Gasteiger partial charge in [0.25, 0.3) is 0 Å². The van der Waals surface area contributed by atoms with E-state index in [2.05, 4.69) is 20.4 Å². The average molecular weight is 391 g/mol. The topological polar surface area (TPSA) is 54.0 Å². The van der Waals surface area contributed by atoms with Gasteiger partial charge < -0.3 is 18.9 Å². The van der Waals surface area contributed by atoms with Crippen molar-refractivity contribution in [3.05, 3.63) is 42.0 Å². The Kier molecular flexibility index (Phi) is 9.51. The lowest BCUT2D eigenvalue weighted by atomic mass is 10.1. The van der Waals surface area contributed by atoms with Gasteiger partial charge in [-0.15, -0.1) is 0 Å². The molecule has 3 unspecified atom stereocenters. The van der Waals surface area contributed by atoms with Crippen LogP contribution in [0.4, 0.5) is 0 Å². The Hall–Kier alpha value is -1.85. The minimum absolute atomic E-state index is 0.197. The van der Waals surface area contributed by atoms with Gasteiger partial charge in [0.05, 0.1) is 25.4 Å². The van der Waals surface area contributed by atoms with E-state index in [1.165, 1.54) is 0 Å². The van der Waals surface area contributed by atoms with Gasteiger partial charge in [0.2, 0.25) is 0 Å². The van der Waals surface area contributed by atoms with Gasteiger partial charge in [-0.05, 0) is 64.5 Å². The Labute approximate surface area is 169 Å². The van der Waals surface area contributed by atoms with Crippen LogP contribution in [0, 0.1) is 0 Å². The Bertz CT molecular complexity index is 627. The van der Waals surface area contributed by atoms with Crippen LogP contribution >= 0.6 is 0 Å². The molecule has 0 N–H and O–H groups in total. The Morgan fingerprint density at radius 2 is 1.93 bits per heavy atom. The van der Waals surface area contributed by atoms with Crippen molar-refractivity contribution in [3.8, 4) is 5.75 Å². The number of unbranched alkanes of at least 4 members (excludes halogenated alkanes) is 3. The lowest BCUT2D eigenvalue weighted by Crippen LogP contribution is -2.31. The van der Waals surface area contributed by atoms with Crippen LogP contribution in [0.5, 0.6) is 5.75 Å². The van der Waals surface area contributed by atoms with Crippen LogP contribution in [0.3, 0.4) is 0 Å². The highest BCUT2D eigenvalue weighted by atomic mass is 16.7. The van der Waals surface area contributed by atoms with E-state index in [0.29, 0.717) is 18.8 Å². The van der Waals surface area contributed by atoms with Crippen molar-refractivity contribution in [1.82, 2.24) is 0 Å². The van der Waals surface area contributed by atoms with Crippen molar-refractivity contribution in [2.24, 2.45) is 0 Å². The lowest BCUT2D eigenvalue weighted by Gasteiger charge is -2.34. The van der Waals surface area contributed by atoms with Crippen LogP contribution in [0.1, 0.15) is 71.1 Å². The summed E-state index contributed by atoms with van der Waals surface area (Å²) < 4.78 is 23.0. The van der Waals surface area contributed by atoms with Crippen molar-refractivity contribution in [2.45, 2.75) is 77.8 Å². The largest absolute Gasteiger partial charge is 0.494 e. The maximum Gasteiger partial charge on any atom is 0.333 e. The molecule has 1 aromatic rings. The SMILES string of the molecule is C=C(C)C(=O)OCCCCCCOc1cccc(C2OC(C)CC(CC)O2)c1. The fourth-order valence-electron chi connectivity index (χ4n) is 3.11. The van der Waals surface area contributed by atoms with Crippen LogP contribution in [-0.4, -0.2) is 31.4 Å². The highest BCUT2D eigenvalue weighted by Gasteiger charge is 2.27. The summed E-state index contributed by atoms with van der Waals surface area (Å²) in [5, 5.41) is 0. The first-order valence-corrected chi connectivity index (χ1v) is 10.4. The summed E-state index contributed by atoms with van der Waals surface area (Å²) in [6.45, 7) is 10.6. The summed E-state index contributed by atoms with van der Waals surface area (Å²) in [5.74, 6) is 0.528. The molecule has 0 radical (unpaired) electrons. The maximum atomic E-state index is 11.3. The normalized spacial score (nSPS) is 21.9. The van der Waals surface area contributed by atoms with E-state index in [1.54, 1.807) is 6.92 Å². The van der Waals surface area contributed by atoms with Crippen LogP contribution in [0.15, 0.2) is 36.4 Å². The molecule has 28 heavy (non-hydrogen) atoms. The van der Waals surface area contributed by atoms with Crippen LogP contribution in [0.2, 0.25) is 0 Å². The Balaban J connectivity index is 1.66. The average Bonchev–Trinajstić information content (AvgIpc) is 2.69. The summed E-state index contributed by atoms with van der Waals surface area (Å²) in [6, 6.07) is 7.97. The second-order valence-corrected chi connectivity index (χ2v) is 7.43. The third-order valence-corrected chi connectivity index (χ3v) is 4.74. The molecule has 0 bridgehead atoms. The highest BCUT2D eigenvalue weighted by molar-refractivity contribution is 5.86. The molecule has 5 heteroatoms. The molecule has 1 aliphatic rings. The fourth-order valence-corrected chi connectivity index (χ4v) is 3.11. The predicted molar refractivity (Wildman–Crippen MR) is 109 cm³/mol. The van der Waals surface area contributed by atoms with Gasteiger partial charge >= 0.3 is 5.97 Å². The highest BCUT2D eigenvalue weighted by Crippen LogP contribution is 2.32. The van der Waals surface area contributed by atoms with Gasteiger partial charge in [0, 0.05) is 11.1 Å². The molecule has 1 fully saturated rings. The quantitative estimate of drug-likeness (QED) is 0.290. The molecule has 0 saturated carbocycles. The predicted octanol–water partition coefficient (Wildman–Crippen LogP) is 5.35. The molecule has 0 spiro atoms. The maximum absolute atomic E-state index is 11.3. The summed E-state index contributed by atoms with van der Waals surface area (Å²) in [7, 11) is 0. The van der Waals surface area contributed by atoms with Crippen LogP contribution in [0.25, 0.3) is 0 Å². The van der Waals surface area contributed by atoms with Crippen molar-refractivity contribution in [1.29, 1.82) is 0 Å². The molecule has 0 amide bonds. The van der Waals surface area contributed by atoms with Crippen molar-refractivity contribution < 1.29 is 23.7 Å². The van der Waals surface area contributed by atoms with Gasteiger partial charge in [-0.1, -0.05) is 25.6 Å². The molecule has 156 valence electrons. The molecule has 1 heterocycles. The van der Waals surface area contributed by atoms with Crippen LogP contribution < -0.4 is 4.74 Å². The van der Waals surface area contributed by atoms with E-state index in [9.17, 15) is 4.79 Å². The minimum Gasteiger partial charge on any atom is -0.494 e. The zero-order valence-corrected chi connectivity index (χ0v) is 17.4. The van der Waals surface area contributed by atoms with E-state index < -0.39 is 0 Å². The molecule has 3 atom stereocenters. The van der Waals surface area contributed by atoms with Crippen molar-refractivity contribution in [2.75, 3.05) is 13.2 Å². The first-order valence-electron chi connectivity index (χ1n) is 10.4. The van der Waals surface area contributed by atoms with E-state index in [0.717, 1.165) is 49.8 Å². The van der Waals surface area contributed by atoms with Gasteiger partial charge in [-0.25, -0.2) is 4.79 Å². The summed E-state index contributed by atoms with van der Waals surface area (Å²) >= 11 is 0. The number of hydrogen-bond acceptors (Lipinski definition) is 5. The number of carbonyl (C=O) groups is 1. The third-order valence-electron chi connectivity index (χ3n) is 4.74. The summed E-state index contributed by atoms with van der Waals surface area (Å²) in [4.78, 5) is 11.3. The van der Waals surface area contributed by atoms with Crippen molar-refractivity contribution >= 4 is 5.97 Å². The van der Waals surface area contributed by atoms with E-state index in [1.807, 2.05) is 24.3 Å². The molecule has 0 aliphatic carbocycles. The van der Waals surface area contributed by atoms with Gasteiger partial charge in [-0.3, -0.25) is 0 Å². The number of hydrogen-bond donors (Lipinski definition) is 0. The van der Waals surface area contributed by atoms with Crippen LogP contribution in [-0.2, 0) is 19.0 Å². The number of benzene rings is 1. The number of rotatable bonds is 11. The second-order valence-electron chi connectivity index (χ2n) is 7.43. The first-order chi connectivity index (χ1) is 13.5. The van der Waals surface area contributed by atoms with E-state index in [4.69, 9.17) is 18.9 Å². The zero-order chi connectivity index (χ0) is 20.4. The molecule has 2 rings (SSSR count). The van der Waals surface area contributed by atoms with E-state index >= 15 is 0 Å².